The van der Waals surface area contributed by atoms with Gasteiger partial charge < -0.3 is 20.3 Å². The lowest BCUT2D eigenvalue weighted by Gasteiger charge is -2.29. The van der Waals surface area contributed by atoms with Gasteiger partial charge >= 0.3 is 0 Å². The Labute approximate surface area is 156 Å². The minimum atomic E-state index is -0.0000354. The molecule has 0 radical (unpaired) electrons. The molecule has 25 heavy (non-hydrogen) atoms. The van der Waals surface area contributed by atoms with Crippen LogP contribution in [0.3, 0.4) is 0 Å². The van der Waals surface area contributed by atoms with Gasteiger partial charge in [-0.15, -0.1) is 0 Å². The van der Waals surface area contributed by atoms with Gasteiger partial charge in [-0.05, 0) is 77.0 Å². The Morgan fingerprint density at radius 3 is 2.60 bits per heavy atom. The number of benzene rings is 1. The molecule has 1 aromatic rings. The quantitative estimate of drug-likeness (QED) is 0.575. The van der Waals surface area contributed by atoms with Gasteiger partial charge in [0.2, 0.25) is 0 Å². The molecule has 2 rings (SSSR count). The molecule has 1 unspecified atom stereocenters. The first kappa shape index (κ1) is 19.9. The lowest BCUT2D eigenvalue weighted by molar-refractivity contribution is 0.219. The normalized spacial score (nSPS) is 18.0. The molecule has 1 heterocycles. The molecule has 2 N–H and O–H groups in total. The van der Waals surface area contributed by atoms with Gasteiger partial charge in [-0.3, -0.25) is 0 Å². The summed E-state index contributed by atoms with van der Waals surface area (Å²) in [5, 5.41) is 7.51. The van der Waals surface area contributed by atoms with E-state index in [4.69, 9.17) is 16.3 Å². The average molecular weight is 367 g/mol. The van der Waals surface area contributed by atoms with E-state index in [1.165, 1.54) is 25.9 Å². The Bertz CT molecular complexity index is 527. The number of aliphatic imine (C=N–C) groups is 1. The fourth-order valence-electron chi connectivity index (χ4n) is 2.85. The second kappa shape index (κ2) is 10.5. The molecule has 1 fully saturated rings. The van der Waals surface area contributed by atoms with Gasteiger partial charge in [-0.2, -0.15) is 0 Å². The van der Waals surface area contributed by atoms with Crippen molar-refractivity contribution in [3.63, 3.8) is 0 Å². The van der Waals surface area contributed by atoms with Gasteiger partial charge in [0.1, 0.15) is 11.9 Å². The second-order valence-corrected chi connectivity index (χ2v) is 7.17. The fraction of sp³-hybridized carbons (Fsp3) is 0.632. The maximum absolute atomic E-state index is 5.90. The minimum Gasteiger partial charge on any atom is -0.489 e. The molecule has 0 aliphatic carbocycles. The van der Waals surface area contributed by atoms with E-state index in [2.05, 4.69) is 34.5 Å². The second-order valence-electron chi connectivity index (χ2n) is 6.73. The predicted molar refractivity (Wildman–Crippen MR) is 106 cm³/mol. The number of nitrogens with one attached hydrogen (secondary N) is 2. The van der Waals surface area contributed by atoms with E-state index in [9.17, 15) is 0 Å². The highest BCUT2D eigenvalue weighted by Crippen LogP contribution is 2.17. The topological polar surface area (TPSA) is 48.9 Å². The number of nitrogens with zero attached hydrogens (tertiary/aromatic N) is 2. The van der Waals surface area contributed by atoms with Crippen LogP contribution in [-0.4, -0.2) is 56.7 Å². The third kappa shape index (κ3) is 7.53. The summed E-state index contributed by atoms with van der Waals surface area (Å²) in [6.45, 7) is 8.92. The molecule has 0 saturated carbocycles. The highest BCUT2D eigenvalue weighted by atomic mass is 35.5. The van der Waals surface area contributed by atoms with Crippen molar-refractivity contribution in [1.29, 1.82) is 0 Å². The summed E-state index contributed by atoms with van der Waals surface area (Å²) in [4.78, 5) is 7.05. The van der Waals surface area contributed by atoms with Crippen LogP contribution in [0.25, 0.3) is 0 Å². The Kier molecular flexibility index (Phi) is 8.35. The first-order chi connectivity index (χ1) is 12.1. The largest absolute Gasteiger partial charge is 0.489 e. The number of piperidine rings is 1. The maximum atomic E-state index is 5.90. The molecule has 5 nitrogen and oxygen atoms in total. The van der Waals surface area contributed by atoms with Crippen LogP contribution in [0.4, 0.5) is 0 Å². The van der Waals surface area contributed by atoms with E-state index in [0.29, 0.717) is 11.6 Å². The maximum Gasteiger partial charge on any atom is 0.191 e. The zero-order valence-corrected chi connectivity index (χ0v) is 16.4. The van der Waals surface area contributed by atoms with Crippen LogP contribution in [0.5, 0.6) is 5.75 Å². The number of likely N-dealkylation sites (tertiary alicyclic amines) is 1. The van der Waals surface area contributed by atoms with Gasteiger partial charge in [0, 0.05) is 18.1 Å². The highest BCUT2D eigenvalue weighted by Gasteiger charge is 2.16. The van der Waals surface area contributed by atoms with Crippen LogP contribution in [0, 0.1) is 5.92 Å². The van der Waals surface area contributed by atoms with Crippen LogP contribution in [0.15, 0.2) is 29.3 Å². The van der Waals surface area contributed by atoms with Crippen LogP contribution < -0.4 is 15.4 Å². The van der Waals surface area contributed by atoms with Gasteiger partial charge in [-0.1, -0.05) is 11.6 Å². The minimum absolute atomic E-state index is 0.0000354. The zero-order valence-electron chi connectivity index (χ0n) is 15.6. The molecule has 1 saturated heterocycles. The van der Waals surface area contributed by atoms with Crippen molar-refractivity contribution in [2.45, 2.75) is 32.8 Å². The molecular weight excluding hydrogens is 336 g/mol. The Morgan fingerprint density at radius 2 is 1.96 bits per heavy atom. The third-order valence-corrected chi connectivity index (χ3v) is 4.65. The summed E-state index contributed by atoms with van der Waals surface area (Å²) < 4.78 is 5.88. The van der Waals surface area contributed by atoms with Gasteiger partial charge in [0.05, 0.1) is 6.54 Å². The first-order valence-corrected chi connectivity index (χ1v) is 9.57. The van der Waals surface area contributed by atoms with Crippen LogP contribution in [0.1, 0.15) is 26.7 Å². The number of rotatable bonds is 7. The highest BCUT2D eigenvalue weighted by molar-refractivity contribution is 6.30. The molecule has 0 spiro atoms. The molecule has 0 aromatic heterocycles. The summed E-state index contributed by atoms with van der Waals surface area (Å²) in [5.41, 5.74) is 0. The smallest absolute Gasteiger partial charge is 0.191 e. The van der Waals surface area contributed by atoms with Crippen molar-refractivity contribution >= 4 is 17.6 Å². The lowest BCUT2D eigenvalue weighted by Crippen LogP contribution is -2.42. The molecule has 1 aromatic carbocycles. The van der Waals surface area contributed by atoms with Crippen molar-refractivity contribution in [2.75, 3.05) is 39.8 Å². The van der Waals surface area contributed by atoms with Crippen molar-refractivity contribution in [3.05, 3.63) is 29.3 Å². The Balaban J connectivity index is 1.78. The van der Waals surface area contributed by atoms with E-state index < -0.39 is 0 Å². The number of halogens is 1. The van der Waals surface area contributed by atoms with E-state index in [0.717, 1.165) is 30.7 Å². The summed E-state index contributed by atoms with van der Waals surface area (Å²) in [5.74, 6) is 2.41. The number of ether oxygens (including phenoxy) is 1. The number of guanidine groups is 1. The molecule has 1 atom stereocenters. The number of hydrogen-bond acceptors (Lipinski definition) is 3. The fourth-order valence-corrected chi connectivity index (χ4v) is 2.98. The summed E-state index contributed by atoms with van der Waals surface area (Å²) in [7, 11) is 2.19. The predicted octanol–water partition coefficient (Wildman–Crippen LogP) is 3.00. The van der Waals surface area contributed by atoms with Crippen LogP contribution in [0.2, 0.25) is 5.02 Å². The Morgan fingerprint density at radius 1 is 1.28 bits per heavy atom. The molecule has 6 heteroatoms. The summed E-state index contributed by atoms with van der Waals surface area (Å²) >= 11 is 5.90. The summed E-state index contributed by atoms with van der Waals surface area (Å²) in [6, 6.07) is 7.43. The van der Waals surface area contributed by atoms with Crippen molar-refractivity contribution in [2.24, 2.45) is 10.9 Å². The van der Waals surface area contributed by atoms with E-state index in [1.807, 2.05) is 31.2 Å². The van der Waals surface area contributed by atoms with Crippen molar-refractivity contribution in [3.8, 4) is 5.75 Å². The molecule has 140 valence electrons. The van der Waals surface area contributed by atoms with E-state index in [1.54, 1.807) is 0 Å². The molecule has 0 bridgehead atoms. The Hall–Kier alpha value is -1.46. The molecule has 1 aliphatic heterocycles. The van der Waals surface area contributed by atoms with Gasteiger partial charge in [0.25, 0.3) is 0 Å². The average Bonchev–Trinajstić information content (AvgIpc) is 2.61. The monoisotopic (exact) mass is 366 g/mol. The molecule has 1 aliphatic rings. The van der Waals surface area contributed by atoms with Crippen LogP contribution in [-0.2, 0) is 0 Å². The SMILES string of the molecule is CCNC(=NCC(C)Oc1ccc(Cl)cc1)NCC1CCN(C)CC1. The molecular formula is C19H31ClN4O. The first-order valence-electron chi connectivity index (χ1n) is 9.19. The standard InChI is InChI=1S/C19H31ClN4O/c1-4-21-19(23-14-16-9-11-24(3)12-10-16)22-13-15(2)25-18-7-5-17(20)6-8-18/h5-8,15-16H,4,9-14H2,1-3H3,(H2,21,22,23). The number of hydrogen-bond donors (Lipinski definition) is 2. The van der Waals surface area contributed by atoms with Crippen molar-refractivity contribution < 1.29 is 4.74 Å². The zero-order chi connectivity index (χ0) is 18.1. The lowest BCUT2D eigenvalue weighted by atomic mass is 9.97. The summed E-state index contributed by atoms with van der Waals surface area (Å²) in [6.07, 6.45) is 2.50. The van der Waals surface area contributed by atoms with E-state index >= 15 is 0 Å². The van der Waals surface area contributed by atoms with Gasteiger partial charge in [0.15, 0.2) is 5.96 Å². The van der Waals surface area contributed by atoms with Crippen LogP contribution >= 0.6 is 11.6 Å². The third-order valence-electron chi connectivity index (χ3n) is 4.40. The molecule has 0 amide bonds. The van der Waals surface area contributed by atoms with Crippen molar-refractivity contribution in [1.82, 2.24) is 15.5 Å². The van der Waals surface area contributed by atoms with E-state index in [-0.39, 0.29) is 6.10 Å². The van der Waals surface area contributed by atoms with Gasteiger partial charge in [-0.25, -0.2) is 4.99 Å².